The van der Waals surface area contributed by atoms with Crippen LogP contribution >= 0.6 is 0 Å². The van der Waals surface area contributed by atoms with Crippen LogP contribution in [0.25, 0.3) is 0 Å². The average molecular weight is 342 g/mol. The van der Waals surface area contributed by atoms with Crippen LogP contribution in [0.4, 0.5) is 4.39 Å². The first-order valence-corrected chi connectivity index (χ1v) is 8.28. The maximum atomic E-state index is 14.0. The van der Waals surface area contributed by atoms with Gasteiger partial charge in [0.05, 0.1) is 23.8 Å². The van der Waals surface area contributed by atoms with Crippen molar-refractivity contribution >= 4 is 0 Å². The highest BCUT2D eigenvalue weighted by molar-refractivity contribution is 5.34. The van der Waals surface area contributed by atoms with E-state index < -0.39 is 11.9 Å². The van der Waals surface area contributed by atoms with Gasteiger partial charge in [-0.05, 0) is 50.6 Å². The van der Waals surface area contributed by atoms with E-state index in [9.17, 15) is 9.50 Å². The maximum Gasteiger partial charge on any atom is 0.129 e. The monoisotopic (exact) mass is 342 g/mol. The van der Waals surface area contributed by atoms with Gasteiger partial charge in [0.25, 0.3) is 0 Å². The van der Waals surface area contributed by atoms with Crippen molar-refractivity contribution in [1.29, 1.82) is 5.26 Å². The topological polar surface area (TPSA) is 65.3 Å². The van der Waals surface area contributed by atoms with Crippen LogP contribution in [-0.4, -0.2) is 17.8 Å². The van der Waals surface area contributed by atoms with E-state index in [1.807, 2.05) is 51.1 Å². The quantitative estimate of drug-likeness (QED) is 0.802. The Morgan fingerprint density at radius 1 is 1.16 bits per heavy atom. The zero-order chi connectivity index (χ0) is 18.4. The maximum absolute atomic E-state index is 14.0. The molecule has 0 amide bonds. The van der Waals surface area contributed by atoms with Crippen molar-refractivity contribution in [2.75, 3.05) is 6.54 Å². The zero-order valence-electron chi connectivity index (χ0n) is 14.7. The second-order valence-electron chi connectivity index (χ2n) is 6.23. The molecule has 0 aliphatic heterocycles. The highest BCUT2D eigenvalue weighted by Crippen LogP contribution is 2.21. The van der Waals surface area contributed by atoms with Gasteiger partial charge in [-0.15, -0.1) is 0 Å². The van der Waals surface area contributed by atoms with Gasteiger partial charge >= 0.3 is 0 Å². The van der Waals surface area contributed by atoms with Crippen LogP contribution in [0.5, 0.6) is 5.75 Å². The van der Waals surface area contributed by atoms with E-state index >= 15 is 0 Å². The van der Waals surface area contributed by atoms with Crippen LogP contribution in [0, 0.1) is 17.1 Å². The van der Waals surface area contributed by atoms with Crippen molar-refractivity contribution in [1.82, 2.24) is 5.32 Å². The Balaban J connectivity index is 1.95. The summed E-state index contributed by atoms with van der Waals surface area (Å²) in [5.41, 5.74) is 1.51. The van der Waals surface area contributed by atoms with Crippen molar-refractivity contribution in [2.45, 2.75) is 39.0 Å². The molecule has 0 radical (unpaired) electrons. The first-order chi connectivity index (χ1) is 11.9. The molecule has 25 heavy (non-hydrogen) atoms. The second-order valence-corrected chi connectivity index (χ2v) is 6.23. The van der Waals surface area contributed by atoms with Gasteiger partial charge in [-0.25, -0.2) is 4.39 Å². The van der Waals surface area contributed by atoms with Crippen molar-refractivity contribution in [3.63, 3.8) is 0 Å². The summed E-state index contributed by atoms with van der Waals surface area (Å²) in [4.78, 5) is 0. The summed E-state index contributed by atoms with van der Waals surface area (Å²) in [6, 6.07) is 13.3. The van der Waals surface area contributed by atoms with Gasteiger partial charge in [0.2, 0.25) is 0 Å². The van der Waals surface area contributed by atoms with Crippen LogP contribution in [0.3, 0.4) is 0 Å². The lowest BCUT2D eigenvalue weighted by Gasteiger charge is -2.19. The third-order valence-electron chi connectivity index (χ3n) is 3.85. The lowest BCUT2D eigenvalue weighted by Crippen LogP contribution is -2.25. The van der Waals surface area contributed by atoms with E-state index in [0.717, 1.165) is 11.3 Å². The van der Waals surface area contributed by atoms with Gasteiger partial charge < -0.3 is 15.2 Å². The fraction of sp³-hybridized carbons (Fsp3) is 0.350. The molecule has 0 fully saturated rings. The summed E-state index contributed by atoms with van der Waals surface area (Å²) in [6.07, 6.45) is -0.613. The van der Waals surface area contributed by atoms with Crippen molar-refractivity contribution in [2.24, 2.45) is 0 Å². The third-order valence-corrected chi connectivity index (χ3v) is 3.85. The number of rotatable bonds is 7. The summed E-state index contributed by atoms with van der Waals surface area (Å²) >= 11 is 0. The zero-order valence-corrected chi connectivity index (χ0v) is 14.7. The number of aliphatic hydroxyl groups is 1. The molecule has 4 nitrogen and oxygen atoms in total. The van der Waals surface area contributed by atoms with E-state index in [1.165, 1.54) is 6.07 Å². The molecular formula is C20H23FN2O2. The number of nitrogens with one attached hydrogen (secondary N) is 1. The third kappa shape index (κ3) is 5.28. The molecule has 0 aromatic heterocycles. The minimum atomic E-state index is -0.711. The Kier molecular flexibility index (Phi) is 6.51. The number of benzene rings is 2. The summed E-state index contributed by atoms with van der Waals surface area (Å²) in [6.45, 7) is 6.01. The largest absolute Gasteiger partial charge is 0.491 e. The van der Waals surface area contributed by atoms with Crippen molar-refractivity contribution < 1.29 is 14.2 Å². The average Bonchev–Trinajstić information content (AvgIpc) is 2.59. The molecule has 2 aromatic rings. The van der Waals surface area contributed by atoms with E-state index in [4.69, 9.17) is 10.00 Å². The molecule has 5 heteroatoms. The molecule has 0 spiro atoms. The highest BCUT2D eigenvalue weighted by Gasteiger charge is 2.14. The van der Waals surface area contributed by atoms with Crippen LogP contribution in [0.15, 0.2) is 42.5 Å². The van der Waals surface area contributed by atoms with Crippen molar-refractivity contribution in [3.05, 3.63) is 65.0 Å². The number of hydrogen-bond donors (Lipinski definition) is 2. The fourth-order valence-corrected chi connectivity index (χ4v) is 2.50. The lowest BCUT2D eigenvalue weighted by atomic mass is 10.0. The molecule has 2 N–H and O–H groups in total. The summed E-state index contributed by atoms with van der Waals surface area (Å²) < 4.78 is 19.6. The Morgan fingerprint density at radius 3 is 2.40 bits per heavy atom. The number of nitrogens with zero attached hydrogens (tertiary/aromatic N) is 1. The summed E-state index contributed by atoms with van der Waals surface area (Å²) in [5.74, 6) is 0.329. The molecule has 2 aromatic carbocycles. The van der Waals surface area contributed by atoms with Crippen LogP contribution in [0.2, 0.25) is 0 Å². The van der Waals surface area contributed by atoms with E-state index in [1.54, 1.807) is 12.1 Å². The van der Waals surface area contributed by atoms with Crippen LogP contribution in [0.1, 0.15) is 49.6 Å². The molecule has 132 valence electrons. The minimum Gasteiger partial charge on any atom is -0.491 e. The number of halogens is 1. The smallest absolute Gasteiger partial charge is 0.129 e. The molecule has 2 rings (SSSR count). The molecular weight excluding hydrogens is 319 g/mol. The first kappa shape index (κ1) is 18.9. The number of hydrogen-bond acceptors (Lipinski definition) is 4. The minimum absolute atomic E-state index is 0.0978. The van der Waals surface area contributed by atoms with Crippen LogP contribution < -0.4 is 10.1 Å². The van der Waals surface area contributed by atoms with Gasteiger partial charge in [0, 0.05) is 18.2 Å². The van der Waals surface area contributed by atoms with Crippen molar-refractivity contribution in [3.8, 4) is 11.8 Å². The SMILES string of the molecule is CC(C)Oc1ccc(C(O)CNC(C)c2ccc(C#N)cc2F)cc1. The summed E-state index contributed by atoms with van der Waals surface area (Å²) in [7, 11) is 0. The van der Waals surface area contributed by atoms with Gasteiger partial charge in [-0.2, -0.15) is 5.26 Å². The predicted molar refractivity (Wildman–Crippen MR) is 94.7 cm³/mol. The Bertz CT molecular complexity index is 738. The summed E-state index contributed by atoms with van der Waals surface area (Å²) in [5, 5.41) is 22.2. The van der Waals surface area contributed by atoms with E-state index in [-0.39, 0.29) is 24.3 Å². The van der Waals surface area contributed by atoms with E-state index in [0.29, 0.717) is 5.56 Å². The lowest BCUT2D eigenvalue weighted by molar-refractivity contribution is 0.170. The molecule has 0 saturated carbocycles. The molecule has 0 aliphatic rings. The van der Waals surface area contributed by atoms with Crippen LogP contribution in [-0.2, 0) is 0 Å². The molecule has 0 bridgehead atoms. The Hall–Kier alpha value is -2.42. The van der Waals surface area contributed by atoms with E-state index in [2.05, 4.69) is 5.32 Å². The van der Waals surface area contributed by atoms with Gasteiger partial charge in [-0.3, -0.25) is 0 Å². The molecule has 2 unspecified atom stereocenters. The Labute approximate surface area is 147 Å². The highest BCUT2D eigenvalue weighted by atomic mass is 19.1. The van der Waals surface area contributed by atoms with Gasteiger partial charge in [0.1, 0.15) is 11.6 Å². The number of ether oxygens (including phenoxy) is 1. The molecule has 0 saturated heterocycles. The molecule has 0 heterocycles. The second kappa shape index (κ2) is 8.61. The first-order valence-electron chi connectivity index (χ1n) is 8.28. The molecule has 0 aliphatic carbocycles. The standard InChI is InChI=1S/C20H23FN2O2/c1-13(2)25-17-7-5-16(6-8-17)20(24)12-23-14(3)18-9-4-15(11-22)10-19(18)21/h4-10,13-14,20,23-24H,12H2,1-3H3. The fourth-order valence-electron chi connectivity index (χ4n) is 2.50. The number of aliphatic hydroxyl groups excluding tert-OH is 1. The predicted octanol–water partition coefficient (Wildman–Crippen LogP) is 3.87. The normalized spacial score (nSPS) is 13.3. The Morgan fingerprint density at radius 2 is 1.84 bits per heavy atom. The van der Waals surface area contributed by atoms with Gasteiger partial charge in [-0.1, -0.05) is 18.2 Å². The molecule has 2 atom stereocenters. The number of nitriles is 1. The van der Waals surface area contributed by atoms with Gasteiger partial charge in [0.15, 0.2) is 0 Å².